The molecule has 0 saturated carbocycles. The molecule has 0 aromatic heterocycles. The highest BCUT2D eigenvalue weighted by Crippen LogP contribution is 2.40. The van der Waals surface area contributed by atoms with Gasteiger partial charge in [0, 0.05) is 13.1 Å². The Hall–Kier alpha value is -3.93. The predicted molar refractivity (Wildman–Crippen MR) is 169 cm³/mol. The normalized spacial score (nSPS) is 16.8. The van der Waals surface area contributed by atoms with Gasteiger partial charge in [0.2, 0.25) is 0 Å². The SMILES string of the molecule is CC(C)C(C#N)(CCCN1CCC(=C2c3ccccc3C=Cc3ccccc32)CC1)c1ccc2ccccc2c1. The van der Waals surface area contributed by atoms with Crippen LogP contribution in [0.1, 0.15) is 67.3 Å². The van der Waals surface area contributed by atoms with E-state index in [1.165, 1.54) is 38.6 Å². The van der Waals surface area contributed by atoms with E-state index < -0.39 is 5.41 Å². The lowest BCUT2D eigenvalue weighted by atomic mass is 9.69. The molecule has 2 nitrogen and oxygen atoms in total. The smallest absolute Gasteiger partial charge is 0.0845 e. The Morgan fingerprint density at radius 2 is 1.38 bits per heavy atom. The van der Waals surface area contributed by atoms with Gasteiger partial charge < -0.3 is 4.90 Å². The molecule has 0 spiro atoms. The second kappa shape index (κ2) is 11.3. The van der Waals surface area contributed by atoms with Crippen molar-refractivity contribution in [2.45, 2.75) is 44.9 Å². The fraction of sp³-hybridized carbons (Fsp3) is 0.289. The summed E-state index contributed by atoms with van der Waals surface area (Å²) in [6, 6.07) is 35.5. The zero-order chi connectivity index (χ0) is 27.5. The summed E-state index contributed by atoms with van der Waals surface area (Å²) in [4.78, 5) is 2.61. The van der Waals surface area contributed by atoms with Gasteiger partial charge in [-0.1, -0.05) is 117 Å². The van der Waals surface area contributed by atoms with E-state index in [0.717, 1.165) is 50.9 Å². The lowest BCUT2D eigenvalue weighted by Crippen LogP contribution is -2.35. The zero-order valence-electron chi connectivity index (χ0n) is 23.7. The van der Waals surface area contributed by atoms with Gasteiger partial charge in [-0.25, -0.2) is 0 Å². The zero-order valence-corrected chi connectivity index (χ0v) is 23.7. The van der Waals surface area contributed by atoms with Crippen LogP contribution in [0.2, 0.25) is 0 Å². The summed E-state index contributed by atoms with van der Waals surface area (Å²) >= 11 is 0. The summed E-state index contributed by atoms with van der Waals surface area (Å²) in [5, 5.41) is 12.9. The third-order valence-electron chi connectivity index (χ3n) is 9.21. The number of hydrogen-bond acceptors (Lipinski definition) is 2. The van der Waals surface area contributed by atoms with Crippen molar-refractivity contribution in [3.8, 4) is 6.07 Å². The molecule has 1 atom stereocenters. The number of hydrogen-bond donors (Lipinski definition) is 0. The predicted octanol–water partition coefficient (Wildman–Crippen LogP) is 9.12. The molecule has 1 heterocycles. The Balaban J connectivity index is 1.18. The summed E-state index contributed by atoms with van der Waals surface area (Å²) in [5.74, 6) is 0.250. The van der Waals surface area contributed by atoms with E-state index in [9.17, 15) is 5.26 Å². The lowest BCUT2D eigenvalue weighted by molar-refractivity contribution is 0.238. The molecule has 0 amide bonds. The van der Waals surface area contributed by atoms with Gasteiger partial charge in [0.05, 0.1) is 11.5 Å². The van der Waals surface area contributed by atoms with Crippen LogP contribution in [0, 0.1) is 17.2 Å². The molecule has 0 radical (unpaired) electrons. The van der Waals surface area contributed by atoms with Gasteiger partial charge in [0.1, 0.15) is 0 Å². The van der Waals surface area contributed by atoms with E-state index in [-0.39, 0.29) is 5.92 Å². The van der Waals surface area contributed by atoms with Gasteiger partial charge in [-0.15, -0.1) is 0 Å². The van der Waals surface area contributed by atoms with Crippen molar-refractivity contribution < 1.29 is 0 Å². The number of nitriles is 1. The van der Waals surface area contributed by atoms with Gasteiger partial charge in [0.15, 0.2) is 0 Å². The molecule has 1 fully saturated rings. The number of likely N-dealkylation sites (tertiary alicyclic amines) is 1. The van der Waals surface area contributed by atoms with Crippen molar-refractivity contribution in [3.63, 3.8) is 0 Å². The van der Waals surface area contributed by atoms with Crippen molar-refractivity contribution in [3.05, 3.63) is 124 Å². The summed E-state index contributed by atoms with van der Waals surface area (Å²) in [6.07, 6.45) is 8.63. The first-order valence-corrected chi connectivity index (χ1v) is 14.8. The Kier molecular flexibility index (Phi) is 7.42. The third kappa shape index (κ3) is 4.91. The standard InChI is InChI=1S/C38H38N2/c1-28(2)38(27-39,34-19-18-29-10-3-4-13-33(29)26-34)22-9-23-40-24-20-32(21-25-40)37-35-14-7-5-11-30(35)16-17-31-12-6-8-15-36(31)37/h3-8,10-19,26,28H,9,20-25H2,1-2H3. The number of benzene rings is 4. The highest BCUT2D eigenvalue weighted by molar-refractivity contribution is 5.95. The second-order valence-electron chi connectivity index (χ2n) is 11.7. The molecule has 1 aliphatic carbocycles. The quantitative estimate of drug-likeness (QED) is 0.222. The maximum Gasteiger partial charge on any atom is 0.0845 e. The molecule has 0 N–H and O–H groups in total. The molecule has 1 saturated heterocycles. The minimum Gasteiger partial charge on any atom is -0.303 e. The Morgan fingerprint density at radius 1 is 0.775 bits per heavy atom. The van der Waals surface area contributed by atoms with Gasteiger partial charge in [-0.2, -0.15) is 5.26 Å². The minimum atomic E-state index is -0.465. The topological polar surface area (TPSA) is 27.0 Å². The number of piperidine rings is 1. The molecule has 0 bridgehead atoms. The van der Waals surface area contributed by atoms with Crippen LogP contribution in [-0.2, 0) is 5.41 Å². The van der Waals surface area contributed by atoms with Crippen LogP contribution in [0.15, 0.2) is 96.6 Å². The first-order chi connectivity index (χ1) is 19.6. The van der Waals surface area contributed by atoms with E-state index in [1.54, 1.807) is 5.57 Å². The van der Waals surface area contributed by atoms with E-state index in [0.29, 0.717) is 0 Å². The summed E-state index contributed by atoms with van der Waals surface area (Å²) in [5.41, 5.74) is 9.04. The fourth-order valence-electron chi connectivity index (χ4n) is 6.81. The van der Waals surface area contributed by atoms with E-state index in [1.807, 2.05) is 0 Å². The van der Waals surface area contributed by atoms with Gasteiger partial charge in [-0.3, -0.25) is 0 Å². The molecular formula is C38H38N2. The van der Waals surface area contributed by atoms with Gasteiger partial charge >= 0.3 is 0 Å². The third-order valence-corrected chi connectivity index (χ3v) is 9.21. The van der Waals surface area contributed by atoms with Crippen molar-refractivity contribution in [1.82, 2.24) is 4.90 Å². The Bertz CT molecular complexity index is 1570. The fourth-order valence-corrected chi connectivity index (χ4v) is 6.81. The Morgan fingerprint density at radius 3 is 2.00 bits per heavy atom. The van der Waals surface area contributed by atoms with Gasteiger partial charge in [-0.05, 0) is 88.4 Å². The average Bonchev–Trinajstić information content (AvgIpc) is 3.16. The molecule has 2 heteroatoms. The highest BCUT2D eigenvalue weighted by atomic mass is 15.1. The molecular weight excluding hydrogens is 484 g/mol. The molecule has 4 aromatic rings. The molecule has 40 heavy (non-hydrogen) atoms. The minimum absolute atomic E-state index is 0.250. The molecule has 1 unspecified atom stereocenters. The van der Waals surface area contributed by atoms with Crippen molar-refractivity contribution >= 4 is 28.5 Å². The molecule has 1 aliphatic heterocycles. The molecule has 200 valence electrons. The van der Waals surface area contributed by atoms with Crippen LogP contribution >= 0.6 is 0 Å². The van der Waals surface area contributed by atoms with Crippen LogP contribution in [0.3, 0.4) is 0 Å². The first-order valence-electron chi connectivity index (χ1n) is 14.8. The monoisotopic (exact) mass is 522 g/mol. The summed E-state index contributed by atoms with van der Waals surface area (Å²) < 4.78 is 0. The summed E-state index contributed by atoms with van der Waals surface area (Å²) in [6.45, 7) is 7.60. The van der Waals surface area contributed by atoms with Crippen molar-refractivity contribution in [1.29, 1.82) is 5.26 Å². The molecule has 4 aromatic carbocycles. The molecule has 2 aliphatic rings. The van der Waals surface area contributed by atoms with Crippen LogP contribution < -0.4 is 0 Å². The lowest BCUT2D eigenvalue weighted by Gasteiger charge is -2.34. The number of rotatable bonds is 6. The van der Waals surface area contributed by atoms with Crippen LogP contribution in [0.4, 0.5) is 0 Å². The number of nitrogens with zero attached hydrogens (tertiary/aromatic N) is 2. The van der Waals surface area contributed by atoms with E-state index in [4.69, 9.17) is 0 Å². The number of fused-ring (bicyclic) bond motifs is 3. The van der Waals surface area contributed by atoms with E-state index in [2.05, 4.69) is 128 Å². The van der Waals surface area contributed by atoms with Crippen molar-refractivity contribution in [2.75, 3.05) is 19.6 Å². The summed E-state index contributed by atoms with van der Waals surface area (Å²) in [7, 11) is 0. The Labute approximate surface area is 239 Å². The molecule has 6 rings (SSSR count). The van der Waals surface area contributed by atoms with Crippen molar-refractivity contribution in [2.24, 2.45) is 5.92 Å². The maximum absolute atomic E-state index is 10.5. The maximum atomic E-state index is 10.5. The van der Waals surface area contributed by atoms with Crippen LogP contribution in [0.25, 0.3) is 28.5 Å². The van der Waals surface area contributed by atoms with Crippen LogP contribution in [-0.4, -0.2) is 24.5 Å². The van der Waals surface area contributed by atoms with E-state index >= 15 is 0 Å². The average molecular weight is 523 g/mol. The largest absolute Gasteiger partial charge is 0.303 e. The highest BCUT2D eigenvalue weighted by Gasteiger charge is 2.36. The first kappa shape index (κ1) is 26.3. The van der Waals surface area contributed by atoms with Gasteiger partial charge in [0.25, 0.3) is 0 Å². The second-order valence-corrected chi connectivity index (χ2v) is 11.7. The van der Waals surface area contributed by atoms with Crippen LogP contribution in [0.5, 0.6) is 0 Å².